The van der Waals surface area contributed by atoms with Crippen molar-refractivity contribution < 1.29 is 4.79 Å². The highest BCUT2D eigenvalue weighted by atomic mass is 16.2. The van der Waals surface area contributed by atoms with E-state index in [1.54, 1.807) is 0 Å². The molecule has 0 atom stereocenters. The maximum Gasteiger partial charge on any atom is 0.270 e. The fourth-order valence-corrected chi connectivity index (χ4v) is 1.00. The number of H-pyrrole nitrogens is 1. The Kier molecular flexibility index (Phi) is 1.06. The predicted octanol–water partition coefficient (Wildman–Crippen LogP) is -0.987. The maximum absolute atomic E-state index is 10.9. The fourth-order valence-electron chi connectivity index (χ4n) is 1.00. The van der Waals surface area contributed by atoms with E-state index in [9.17, 15) is 9.59 Å². The van der Waals surface area contributed by atoms with Crippen LogP contribution in [0.3, 0.4) is 0 Å². The Morgan fingerprint density at radius 1 is 1.45 bits per heavy atom. The highest BCUT2D eigenvalue weighted by Gasteiger charge is 2.20. The Morgan fingerprint density at radius 3 is 3.09 bits per heavy atom. The van der Waals surface area contributed by atoms with E-state index in [1.807, 2.05) is 0 Å². The van der Waals surface area contributed by atoms with Gasteiger partial charge in [0, 0.05) is 0 Å². The molecule has 0 aromatic carbocycles. The smallest absolute Gasteiger partial charge is 0.270 e. The first-order chi connectivity index (χ1) is 5.27. The zero-order valence-electron chi connectivity index (χ0n) is 5.55. The summed E-state index contributed by atoms with van der Waals surface area (Å²) in [5, 5.41) is 2.54. The van der Waals surface area contributed by atoms with Crippen LogP contribution < -0.4 is 10.9 Å². The second-order valence-electron chi connectivity index (χ2n) is 2.25. The lowest BCUT2D eigenvalue weighted by Crippen LogP contribution is -2.16. The van der Waals surface area contributed by atoms with Crippen molar-refractivity contribution in [1.82, 2.24) is 15.3 Å². The van der Waals surface area contributed by atoms with Crippen molar-refractivity contribution in [3.8, 4) is 0 Å². The van der Waals surface area contributed by atoms with Gasteiger partial charge in [0.25, 0.3) is 11.5 Å². The zero-order valence-corrected chi connectivity index (χ0v) is 5.55. The number of hydrogen-bond acceptors (Lipinski definition) is 3. The van der Waals surface area contributed by atoms with Crippen LogP contribution in [0.2, 0.25) is 0 Å². The van der Waals surface area contributed by atoms with Gasteiger partial charge in [0.2, 0.25) is 0 Å². The monoisotopic (exact) mass is 151 g/mol. The number of nitrogens with one attached hydrogen (secondary N) is 2. The van der Waals surface area contributed by atoms with Gasteiger partial charge in [-0.05, 0) is 0 Å². The van der Waals surface area contributed by atoms with Crippen molar-refractivity contribution in [3.05, 3.63) is 27.9 Å². The lowest BCUT2D eigenvalue weighted by atomic mass is 10.3. The Labute approximate surface area is 61.5 Å². The van der Waals surface area contributed by atoms with E-state index < -0.39 is 0 Å². The molecule has 2 heterocycles. The summed E-state index contributed by atoms with van der Waals surface area (Å²) in [4.78, 5) is 27.8. The minimum atomic E-state index is -0.346. The third-order valence-electron chi connectivity index (χ3n) is 1.52. The second-order valence-corrected chi connectivity index (χ2v) is 2.25. The van der Waals surface area contributed by atoms with Crippen LogP contribution in [0.1, 0.15) is 16.2 Å². The third-order valence-corrected chi connectivity index (χ3v) is 1.52. The normalized spacial score (nSPS) is 14.4. The Balaban J connectivity index is 2.70. The van der Waals surface area contributed by atoms with E-state index >= 15 is 0 Å². The van der Waals surface area contributed by atoms with Gasteiger partial charge >= 0.3 is 0 Å². The minimum Gasteiger partial charge on any atom is -0.345 e. The van der Waals surface area contributed by atoms with Crippen LogP contribution in [-0.4, -0.2) is 15.9 Å². The highest BCUT2D eigenvalue weighted by Crippen LogP contribution is 2.05. The topological polar surface area (TPSA) is 74.8 Å². The molecule has 0 spiro atoms. The van der Waals surface area contributed by atoms with E-state index in [0.717, 1.165) is 0 Å². The van der Waals surface area contributed by atoms with E-state index in [0.29, 0.717) is 12.2 Å². The first-order valence-corrected chi connectivity index (χ1v) is 3.14. The van der Waals surface area contributed by atoms with Gasteiger partial charge < -0.3 is 10.3 Å². The van der Waals surface area contributed by atoms with Crippen LogP contribution in [0.15, 0.2) is 11.0 Å². The average molecular weight is 151 g/mol. The standard InChI is InChI=1S/C6H5N3O2/c10-4-2-7-3-1-8-6(11)5(3)9-4/h2H,1H2,(H,8,11)(H,9,10). The van der Waals surface area contributed by atoms with Crippen LogP contribution >= 0.6 is 0 Å². The first-order valence-electron chi connectivity index (χ1n) is 3.14. The summed E-state index contributed by atoms with van der Waals surface area (Å²) in [5.41, 5.74) is 0.549. The van der Waals surface area contributed by atoms with Crippen molar-refractivity contribution in [2.75, 3.05) is 0 Å². The molecule has 1 amide bonds. The van der Waals surface area contributed by atoms with Crippen LogP contribution in [0.5, 0.6) is 0 Å². The van der Waals surface area contributed by atoms with E-state index in [2.05, 4.69) is 15.3 Å². The van der Waals surface area contributed by atoms with Gasteiger partial charge in [0.05, 0.1) is 18.4 Å². The number of hydrogen-bond donors (Lipinski definition) is 2. The van der Waals surface area contributed by atoms with Gasteiger partial charge in [-0.1, -0.05) is 0 Å². The molecule has 11 heavy (non-hydrogen) atoms. The molecule has 1 aromatic heterocycles. The molecule has 5 nitrogen and oxygen atoms in total. The number of aromatic amines is 1. The van der Waals surface area contributed by atoms with Crippen molar-refractivity contribution in [2.45, 2.75) is 6.54 Å². The largest absolute Gasteiger partial charge is 0.345 e. The SMILES string of the molecule is O=C1NCc2ncc(=O)[nH]c21. The summed E-state index contributed by atoms with van der Waals surface area (Å²) < 4.78 is 0. The molecule has 0 fully saturated rings. The number of nitrogens with zero attached hydrogens (tertiary/aromatic N) is 1. The van der Waals surface area contributed by atoms with Gasteiger partial charge in [-0.3, -0.25) is 14.6 Å². The highest BCUT2D eigenvalue weighted by molar-refractivity contribution is 5.95. The number of rotatable bonds is 0. The van der Waals surface area contributed by atoms with Gasteiger partial charge in [0.15, 0.2) is 0 Å². The molecule has 1 aliphatic heterocycles. The average Bonchev–Trinajstić information content (AvgIpc) is 2.33. The Morgan fingerprint density at radius 2 is 2.27 bits per heavy atom. The van der Waals surface area contributed by atoms with Crippen molar-refractivity contribution in [2.24, 2.45) is 0 Å². The number of fused-ring (bicyclic) bond motifs is 1. The van der Waals surface area contributed by atoms with Crippen LogP contribution in [-0.2, 0) is 6.54 Å². The number of carbonyl (C=O) groups excluding carboxylic acids is 1. The van der Waals surface area contributed by atoms with E-state index in [4.69, 9.17) is 0 Å². The summed E-state index contributed by atoms with van der Waals surface area (Å²) in [5.74, 6) is -0.259. The van der Waals surface area contributed by atoms with Crippen molar-refractivity contribution in [1.29, 1.82) is 0 Å². The molecule has 5 heteroatoms. The molecule has 0 aliphatic carbocycles. The van der Waals surface area contributed by atoms with Gasteiger partial charge in [-0.15, -0.1) is 0 Å². The van der Waals surface area contributed by atoms with E-state index in [-0.39, 0.29) is 17.2 Å². The quantitative estimate of drug-likeness (QED) is 0.500. The first kappa shape index (κ1) is 6.09. The molecule has 2 N–H and O–H groups in total. The Bertz CT molecular complexity index is 368. The molecule has 0 bridgehead atoms. The number of carbonyl (C=O) groups is 1. The maximum atomic E-state index is 10.9. The number of aromatic nitrogens is 2. The molecule has 0 radical (unpaired) electrons. The molecule has 0 saturated heterocycles. The molecule has 1 aromatic rings. The number of amides is 1. The fraction of sp³-hybridized carbons (Fsp3) is 0.167. The Hall–Kier alpha value is -1.65. The summed E-state index contributed by atoms with van der Waals surface area (Å²) in [7, 11) is 0. The second kappa shape index (κ2) is 1.91. The van der Waals surface area contributed by atoms with Crippen molar-refractivity contribution >= 4 is 5.91 Å². The summed E-state index contributed by atoms with van der Waals surface area (Å²) in [6, 6.07) is 0. The minimum absolute atomic E-state index is 0.259. The zero-order chi connectivity index (χ0) is 7.84. The van der Waals surface area contributed by atoms with Crippen LogP contribution in [0.4, 0.5) is 0 Å². The molecule has 0 unspecified atom stereocenters. The lowest BCUT2D eigenvalue weighted by Gasteiger charge is -1.89. The predicted molar refractivity (Wildman–Crippen MR) is 36.0 cm³/mol. The molecular formula is C6H5N3O2. The van der Waals surface area contributed by atoms with Gasteiger partial charge in [-0.25, -0.2) is 0 Å². The summed E-state index contributed by atoms with van der Waals surface area (Å²) >= 11 is 0. The van der Waals surface area contributed by atoms with E-state index in [1.165, 1.54) is 6.20 Å². The summed E-state index contributed by atoms with van der Waals surface area (Å²) in [6.45, 7) is 0.408. The van der Waals surface area contributed by atoms with Crippen LogP contribution in [0, 0.1) is 0 Å². The molecule has 0 saturated carbocycles. The van der Waals surface area contributed by atoms with Gasteiger partial charge in [-0.2, -0.15) is 0 Å². The van der Waals surface area contributed by atoms with Crippen molar-refractivity contribution in [3.63, 3.8) is 0 Å². The lowest BCUT2D eigenvalue weighted by molar-refractivity contribution is 0.0961. The molecule has 56 valence electrons. The van der Waals surface area contributed by atoms with Gasteiger partial charge in [0.1, 0.15) is 5.69 Å². The molecule has 1 aliphatic rings. The summed E-state index contributed by atoms with van der Waals surface area (Å²) in [6.07, 6.45) is 1.17. The third kappa shape index (κ3) is 0.813. The molecular weight excluding hydrogens is 146 g/mol. The van der Waals surface area contributed by atoms with Crippen LogP contribution in [0.25, 0.3) is 0 Å². The molecule has 2 rings (SSSR count).